The molecule has 0 unspecified atom stereocenters. The van der Waals surface area contributed by atoms with Crippen LogP contribution in [0.1, 0.15) is 22.3 Å². The number of hydrogen-bond donors (Lipinski definition) is 1. The average Bonchev–Trinajstić information content (AvgIpc) is 2.47. The van der Waals surface area contributed by atoms with Crippen molar-refractivity contribution in [2.24, 2.45) is 0 Å². The Balaban J connectivity index is 1.82. The molecule has 4 heteroatoms. The van der Waals surface area contributed by atoms with E-state index in [2.05, 4.69) is 37.4 Å². The van der Waals surface area contributed by atoms with Crippen LogP contribution in [0.4, 0.5) is 0 Å². The molecule has 0 spiro atoms. The predicted octanol–water partition coefficient (Wildman–Crippen LogP) is 4.51. The summed E-state index contributed by atoms with van der Waals surface area (Å²) < 4.78 is 0. The fourth-order valence-electron chi connectivity index (χ4n) is 2.20. The highest BCUT2D eigenvalue weighted by molar-refractivity contribution is 6.42. The largest absolute Gasteiger partial charge is 0.355 e. The monoisotopic (exact) mass is 335 g/mol. The standard InChI is InChI=1S/C18H19Cl2NO/c1-12-3-4-14(9-13(12)2)7-8-21-18(22)11-15-5-6-16(19)17(20)10-15/h3-6,9-10H,7-8,11H2,1-2H3,(H,21,22). The Hall–Kier alpha value is -1.51. The van der Waals surface area contributed by atoms with Crippen LogP contribution in [0.3, 0.4) is 0 Å². The zero-order chi connectivity index (χ0) is 16.1. The molecule has 0 aromatic heterocycles. The number of amides is 1. The lowest BCUT2D eigenvalue weighted by molar-refractivity contribution is -0.120. The van der Waals surface area contributed by atoms with Crippen molar-refractivity contribution in [3.63, 3.8) is 0 Å². The van der Waals surface area contributed by atoms with Crippen LogP contribution in [0.5, 0.6) is 0 Å². The van der Waals surface area contributed by atoms with Crippen LogP contribution in [-0.2, 0) is 17.6 Å². The third-order valence-electron chi connectivity index (χ3n) is 3.66. The first-order valence-electron chi connectivity index (χ1n) is 7.22. The summed E-state index contributed by atoms with van der Waals surface area (Å²) in [5.41, 5.74) is 4.66. The van der Waals surface area contributed by atoms with Crippen molar-refractivity contribution in [2.45, 2.75) is 26.7 Å². The maximum absolute atomic E-state index is 11.9. The number of carbonyl (C=O) groups is 1. The smallest absolute Gasteiger partial charge is 0.224 e. The molecule has 0 heterocycles. The molecule has 116 valence electrons. The maximum Gasteiger partial charge on any atom is 0.224 e. The molecular formula is C18H19Cl2NO. The van der Waals surface area contributed by atoms with E-state index in [9.17, 15) is 4.79 Å². The molecule has 0 saturated carbocycles. The molecule has 0 aliphatic carbocycles. The molecule has 0 saturated heterocycles. The van der Waals surface area contributed by atoms with Crippen LogP contribution in [0.15, 0.2) is 36.4 Å². The van der Waals surface area contributed by atoms with E-state index in [1.165, 1.54) is 16.7 Å². The van der Waals surface area contributed by atoms with Gasteiger partial charge in [-0.05, 0) is 54.7 Å². The number of rotatable bonds is 5. The van der Waals surface area contributed by atoms with Gasteiger partial charge in [0.1, 0.15) is 0 Å². The Morgan fingerprint density at radius 1 is 0.955 bits per heavy atom. The van der Waals surface area contributed by atoms with Gasteiger partial charge in [-0.1, -0.05) is 47.5 Å². The Labute approximate surface area is 141 Å². The lowest BCUT2D eigenvalue weighted by Crippen LogP contribution is -2.27. The zero-order valence-corrected chi connectivity index (χ0v) is 14.3. The summed E-state index contributed by atoms with van der Waals surface area (Å²) >= 11 is 11.8. The molecule has 1 amide bonds. The van der Waals surface area contributed by atoms with Crippen LogP contribution in [0.2, 0.25) is 10.0 Å². The molecule has 0 atom stereocenters. The van der Waals surface area contributed by atoms with E-state index in [4.69, 9.17) is 23.2 Å². The minimum Gasteiger partial charge on any atom is -0.355 e. The molecule has 0 fully saturated rings. The molecule has 0 radical (unpaired) electrons. The quantitative estimate of drug-likeness (QED) is 0.855. The number of hydrogen-bond acceptors (Lipinski definition) is 1. The van der Waals surface area contributed by atoms with Crippen LogP contribution in [0, 0.1) is 13.8 Å². The summed E-state index contributed by atoms with van der Waals surface area (Å²) in [6, 6.07) is 11.6. The van der Waals surface area contributed by atoms with Gasteiger partial charge >= 0.3 is 0 Å². The molecule has 2 rings (SSSR count). The first kappa shape index (κ1) is 16.9. The normalized spacial score (nSPS) is 10.5. The van der Waals surface area contributed by atoms with E-state index in [0.717, 1.165) is 12.0 Å². The van der Waals surface area contributed by atoms with Crippen molar-refractivity contribution in [3.05, 3.63) is 68.7 Å². The van der Waals surface area contributed by atoms with Gasteiger partial charge in [0.05, 0.1) is 16.5 Å². The second-order valence-corrected chi connectivity index (χ2v) is 6.26. The zero-order valence-electron chi connectivity index (χ0n) is 12.7. The lowest BCUT2D eigenvalue weighted by Gasteiger charge is -2.08. The fraction of sp³-hybridized carbons (Fsp3) is 0.278. The maximum atomic E-state index is 11.9. The Bertz CT molecular complexity index is 683. The van der Waals surface area contributed by atoms with Gasteiger partial charge in [0, 0.05) is 6.54 Å². The van der Waals surface area contributed by atoms with E-state index in [1.54, 1.807) is 12.1 Å². The number of nitrogens with one attached hydrogen (secondary N) is 1. The van der Waals surface area contributed by atoms with E-state index in [-0.39, 0.29) is 5.91 Å². The first-order valence-corrected chi connectivity index (χ1v) is 7.98. The molecular weight excluding hydrogens is 317 g/mol. The second kappa shape index (κ2) is 7.66. The van der Waals surface area contributed by atoms with Crippen LogP contribution in [-0.4, -0.2) is 12.5 Å². The van der Waals surface area contributed by atoms with Gasteiger partial charge in [-0.15, -0.1) is 0 Å². The Morgan fingerprint density at radius 3 is 2.36 bits per heavy atom. The Morgan fingerprint density at radius 2 is 1.68 bits per heavy atom. The van der Waals surface area contributed by atoms with Gasteiger partial charge in [-0.25, -0.2) is 0 Å². The molecule has 0 bridgehead atoms. The van der Waals surface area contributed by atoms with Gasteiger partial charge in [0.15, 0.2) is 0 Å². The second-order valence-electron chi connectivity index (χ2n) is 5.44. The van der Waals surface area contributed by atoms with E-state index in [1.807, 2.05) is 6.07 Å². The van der Waals surface area contributed by atoms with Crippen molar-refractivity contribution in [3.8, 4) is 0 Å². The average molecular weight is 336 g/mol. The highest BCUT2D eigenvalue weighted by Gasteiger charge is 2.05. The van der Waals surface area contributed by atoms with Gasteiger partial charge in [0.25, 0.3) is 0 Å². The molecule has 0 aliphatic heterocycles. The first-order chi connectivity index (χ1) is 10.5. The van der Waals surface area contributed by atoms with E-state index in [0.29, 0.717) is 23.0 Å². The summed E-state index contributed by atoms with van der Waals surface area (Å²) in [4.78, 5) is 11.9. The molecule has 1 N–H and O–H groups in total. The molecule has 2 aromatic rings. The number of aryl methyl sites for hydroxylation is 2. The van der Waals surface area contributed by atoms with Gasteiger partial charge < -0.3 is 5.32 Å². The number of halogens is 2. The SMILES string of the molecule is Cc1ccc(CCNC(=O)Cc2ccc(Cl)c(Cl)c2)cc1C. The van der Waals surface area contributed by atoms with Crippen molar-refractivity contribution >= 4 is 29.1 Å². The van der Waals surface area contributed by atoms with Gasteiger partial charge in [-0.3, -0.25) is 4.79 Å². The third kappa shape index (κ3) is 4.75. The molecule has 2 nitrogen and oxygen atoms in total. The fourth-order valence-corrected chi connectivity index (χ4v) is 2.52. The molecule has 0 aliphatic rings. The predicted molar refractivity (Wildman–Crippen MR) is 92.8 cm³/mol. The summed E-state index contributed by atoms with van der Waals surface area (Å²) in [5, 5.41) is 3.91. The van der Waals surface area contributed by atoms with Crippen LogP contribution >= 0.6 is 23.2 Å². The number of benzene rings is 2. The minimum absolute atomic E-state index is 0.0118. The topological polar surface area (TPSA) is 29.1 Å². The molecule has 22 heavy (non-hydrogen) atoms. The molecule has 2 aromatic carbocycles. The van der Waals surface area contributed by atoms with E-state index < -0.39 is 0 Å². The van der Waals surface area contributed by atoms with Gasteiger partial charge in [0.2, 0.25) is 5.91 Å². The van der Waals surface area contributed by atoms with E-state index >= 15 is 0 Å². The summed E-state index contributed by atoms with van der Waals surface area (Å²) in [5.74, 6) is -0.0118. The summed E-state index contributed by atoms with van der Waals surface area (Å²) in [6.07, 6.45) is 1.14. The summed E-state index contributed by atoms with van der Waals surface area (Å²) in [7, 11) is 0. The Kier molecular flexibility index (Phi) is 5.87. The van der Waals surface area contributed by atoms with Crippen LogP contribution < -0.4 is 5.32 Å². The highest BCUT2D eigenvalue weighted by atomic mass is 35.5. The van der Waals surface area contributed by atoms with Gasteiger partial charge in [-0.2, -0.15) is 0 Å². The minimum atomic E-state index is -0.0118. The van der Waals surface area contributed by atoms with Crippen molar-refractivity contribution in [1.29, 1.82) is 0 Å². The van der Waals surface area contributed by atoms with Crippen molar-refractivity contribution < 1.29 is 4.79 Å². The van der Waals surface area contributed by atoms with Crippen molar-refractivity contribution in [1.82, 2.24) is 5.32 Å². The third-order valence-corrected chi connectivity index (χ3v) is 4.39. The lowest BCUT2D eigenvalue weighted by atomic mass is 10.0. The van der Waals surface area contributed by atoms with Crippen LogP contribution in [0.25, 0.3) is 0 Å². The van der Waals surface area contributed by atoms with Crippen molar-refractivity contribution in [2.75, 3.05) is 6.54 Å². The highest BCUT2D eigenvalue weighted by Crippen LogP contribution is 2.22. The summed E-state index contributed by atoms with van der Waals surface area (Å²) in [6.45, 7) is 4.82. The number of carbonyl (C=O) groups excluding carboxylic acids is 1.